The highest BCUT2D eigenvalue weighted by Crippen LogP contribution is 2.16. The Hall–Kier alpha value is -5.10. The number of ketones is 1. The van der Waals surface area contributed by atoms with Crippen LogP contribution in [0.1, 0.15) is 37.4 Å². The number of benzene rings is 4. The van der Waals surface area contributed by atoms with Gasteiger partial charge in [-0.05, 0) is 72.7 Å². The first-order valence-electron chi connectivity index (χ1n) is 11.9. The summed E-state index contributed by atoms with van der Waals surface area (Å²) in [6, 6.07) is 28.5. The zero-order valence-corrected chi connectivity index (χ0v) is 20.6. The molecule has 38 heavy (non-hydrogen) atoms. The molecule has 2 N–H and O–H groups in total. The van der Waals surface area contributed by atoms with Gasteiger partial charge < -0.3 is 10.6 Å². The van der Waals surface area contributed by atoms with Crippen LogP contribution in [-0.4, -0.2) is 17.6 Å². The molecule has 6 heteroatoms. The first-order chi connectivity index (χ1) is 18.4. The van der Waals surface area contributed by atoms with Gasteiger partial charge in [-0.25, -0.2) is 4.39 Å². The minimum absolute atomic E-state index is 0.134. The van der Waals surface area contributed by atoms with Crippen molar-refractivity contribution in [1.82, 2.24) is 5.32 Å². The molecule has 2 amide bonds. The molecule has 0 saturated heterocycles. The Morgan fingerprint density at radius 3 is 2.03 bits per heavy atom. The highest BCUT2D eigenvalue weighted by atomic mass is 19.1. The molecule has 5 nitrogen and oxygen atoms in total. The number of rotatable bonds is 8. The summed E-state index contributed by atoms with van der Waals surface area (Å²) in [7, 11) is 0. The minimum Gasteiger partial charge on any atom is -0.321 e. The van der Waals surface area contributed by atoms with Gasteiger partial charge in [0, 0.05) is 22.4 Å². The maximum Gasteiger partial charge on any atom is 0.272 e. The molecule has 0 fully saturated rings. The lowest BCUT2D eigenvalue weighted by molar-refractivity contribution is -0.113. The number of hydrogen-bond donors (Lipinski definition) is 2. The van der Waals surface area contributed by atoms with Crippen molar-refractivity contribution in [3.63, 3.8) is 0 Å². The van der Waals surface area contributed by atoms with E-state index in [1.54, 1.807) is 66.7 Å². The van der Waals surface area contributed by atoms with Gasteiger partial charge >= 0.3 is 0 Å². The predicted octanol–water partition coefficient (Wildman–Crippen LogP) is 6.44. The molecule has 4 aromatic rings. The molecule has 0 saturated carbocycles. The molecule has 0 unspecified atom stereocenters. The first-order valence-corrected chi connectivity index (χ1v) is 11.9. The minimum atomic E-state index is -0.643. The Labute approximate surface area is 220 Å². The molecule has 0 radical (unpaired) electrons. The monoisotopic (exact) mass is 504 g/mol. The van der Waals surface area contributed by atoms with Crippen molar-refractivity contribution in [3.05, 3.63) is 149 Å². The number of nitrogens with one attached hydrogen (secondary N) is 2. The van der Waals surface area contributed by atoms with Crippen molar-refractivity contribution in [2.75, 3.05) is 5.32 Å². The second-order valence-electron chi connectivity index (χ2n) is 8.49. The lowest BCUT2D eigenvalue weighted by Gasteiger charge is -2.12. The van der Waals surface area contributed by atoms with Gasteiger partial charge in [-0.2, -0.15) is 0 Å². The van der Waals surface area contributed by atoms with Crippen LogP contribution in [0, 0.1) is 12.7 Å². The fourth-order valence-electron chi connectivity index (χ4n) is 3.64. The number of carbonyl (C=O) groups is 3. The zero-order valence-electron chi connectivity index (χ0n) is 20.6. The number of anilines is 1. The number of carbonyl (C=O) groups excluding carboxylic acids is 3. The summed E-state index contributed by atoms with van der Waals surface area (Å²) in [6.07, 6.45) is 4.55. The van der Waals surface area contributed by atoms with Crippen molar-refractivity contribution in [3.8, 4) is 0 Å². The Kier molecular flexibility index (Phi) is 8.36. The summed E-state index contributed by atoms with van der Waals surface area (Å²) < 4.78 is 14.3. The van der Waals surface area contributed by atoms with Gasteiger partial charge in [0.25, 0.3) is 11.8 Å². The number of amides is 2. The predicted molar refractivity (Wildman–Crippen MR) is 148 cm³/mol. The van der Waals surface area contributed by atoms with E-state index < -0.39 is 17.6 Å². The molecule has 0 heterocycles. The molecule has 0 atom stereocenters. The highest BCUT2D eigenvalue weighted by Gasteiger charge is 2.16. The van der Waals surface area contributed by atoms with E-state index in [0.29, 0.717) is 16.8 Å². The van der Waals surface area contributed by atoms with Crippen molar-refractivity contribution in [2.45, 2.75) is 6.92 Å². The van der Waals surface area contributed by atoms with Gasteiger partial charge in [0.1, 0.15) is 11.5 Å². The van der Waals surface area contributed by atoms with Crippen LogP contribution in [0.25, 0.3) is 12.2 Å². The van der Waals surface area contributed by atoms with Gasteiger partial charge in [0.2, 0.25) is 0 Å². The number of halogens is 1. The maximum absolute atomic E-state index is 14.3. The Balaban J connectivity index is 1.51. The summed E-state index contributed by atoms with van der Waals surface area (Å²) in [6.45, 7) is 1.97. The van der Waals surface area contributed by atoms with Gasteiger partial charge in [0.05, 0.1) is 0 Å². The van der Waals surface area contributed by atoms with E-state index in [-0.39, 0.29) is 17.0 Å². The number of allylic oxidation sites excluding steroid dienone is 1. The SMILES string of the molecule is Cc1ccccc1/C=C/C(=O)c1ccc(NC(=O)/C(=C/c2ccccc2F)NC(=O)c2ccccc2)cc1. The Morgan fingerprint density at radius 1 is 0.711 bits per heavy atom. The topological polar surface area (TPSA) is 75.3 Å². The standard InChI is InChI=1S/C32H25FN2O3/c1-22-9-5-6-10-23(22)17-20-30(36)24-15-18-27(19-16-24)34-32(38)29(21-26-13-7-8-14-28(26)33)35-31(37)25-11-3-2-4-12-25/h2-21H,1H3,(H,34,38)(H,35,37)/b20-17+,29-21-. The molecule has 0 bridgehead atoms. The van der Waals surface area contributed by atoms with Crippen LogP contribution in [0.2, 0.25) is 0 Å². The van der Waals surface area contributed by atoms with E-state index in [9.17, 15) is 18.8 Å². The number of aryl methyl sites for hydroxylation is 1. The van der Waals surface area contributed by atoms with Crippen LogP contribution in [0.15, 0.2) is 115 Å². The smallest absolute Gasteiger partial charge is 0.272 e. The average Bonchev–Trinajstić information content (AvgIpc) is 2.94. The molecule has 4 rings (SSSR count). The van der Waals surface area contributed by atoms with Crippen molar-refractivity contribution >= 4 is 35.4 Å². The summed E-state index contributed by atoms with van der Waals surface area (Å²) in [5.41, 5.74) is 3.24. The van der Waals surface area contributed by atoms with Gasteiger partial charge in [-0.1, -0.05) is 66.7 Å². The normalized spacial score (nSPS) is 11.3. The summed E-state index contributed by atoms with van der Waals surface area (Å²) in [5.74, 6) is -1.87. The summed E-state index contributed by atoms with van der Waals surface area (Å²) in [5, 5.41) is 5.27. The second kappa shape index (κ2) is 12.2. The van der Waals surface area contributed by atoms with E-state index in [4.69, 9.17) is 0 Å². The van der Waals surface area contributed by atoms with Crippen LogP contribution < -0.4 is 10.6 Å². The van der Waals surface area contributed by atoms with Gasteiger partial charge in [-0.3, -0.25) is 14.4 Å². The molecule has 0 aliphatic rings. The third kappa shape index (κ3) is 6.77. The zero-order chi connectivity index (χ0) is 26.9. The van der Waals surface area contributed by atoms with Crippen LogP contribution >= 0.6 is 0 Å². The van der Waals surface area contributed by atoms with Gasteiger partial charge in [0.15, 0.2) is 5.78 Å². The van der Waals surface area contributed by atoms with E-state index in [1.807, 2.05) is 31.2 Å². The van der Waals surface area contributed by atoms with Crippen molar-refractivity contribution in [1.29, 1.82) is 0 Å². The highest BCUT2D eigenvalue weighted by molar-refractivity contribution is 6.11. The van der Waals surface area contributed by atoms with E-state index in [2.05, 4.69) is 10.6 Å². The van der Waals surface area contributed by atoms with Gasteiger partial charge in [-0.15, -0.1) is 0 Å². The maximum atomic E-state index is 14.3. The van der Waals surface area contributed by atoms with Crippen molar-refractivity contribution in [2.24, 2.45) is 0 Å². The van der Waals surface area contributed by atoms with Crippen LogP contribution in [0.5, 0.6) is 0 Å². The third-order valence-corrected chi connectivity index (χ3v) is 5.76. The Morgan fingerprint density at radius 2 is 1.34 bits per heavy atom. The molecular formula is C32H25FN2O3. The summed E-state index contributed by atoms with van der Waals surface area (Å²) in [4.78, 5) is 38.4. The van der Waals surface area contributed by atoms with E-state index >= 15 is 0 Å². The van der Waals surface area contributed by atoms with E-state index in [0.717, 1.165) is 11.1 Å². The molecule has 4 aromatic carbocycles. The second-order valence-corrected chi connectivity index (χ2v) is 8.49. The average molecular weight is 505 g/mol. The largest absolute Gasteiger partial charge is 0.321 e. The Bertz CT molecular complexity index is 1520. The van der Waals surface area contributed by atoms with Crippen LogP contribution in [0.4, 0.5) is 10.1 Å². The lowest BCUT2D eigenvalue weighted by atomic mass is 10.1. The third-order valence-electron chi connectivity index (χ3n) is 5.76. The first kappa shape index (κ1) is 26.0. The van der Waals surface area contributed by atoms with Crippen molar-refractivity contribution < 1.29 is 18.8 Å². The van der Waals surface area contributed by atoms with Crippen LogP contribution in [0.3, 0.4) is 0 Å². The molecule has 0 aliphatic heterocycles. The molecule has 0 aliphatic carbocycles. The molecule has 0 spiro atoms. The lowest BCUT2D eigenvalue weighted by Crippen LogP contribution is -2.30. The fourth-order valence-corrected chi connectivity index (χ4v) is 3.64. The van der Waals surface area contributed by atoms with Crippen LogP contribution in [-0.2, 0) is 4.79 Å². The fraction of sp³-hybridized carbons (Fsp3) is 0.0312. The molecular weight excluding hydrogens is 479 g/mol. The summed E-state index contributed by atoms with van der Waals surface area (Å²) >= 11 is 0. The quantitative estimate of drug-likeness (QED) is 0.214. The molecule has 0 aromatic heterocycles. The van der Waals surface area contributed by atoms with E-state index in [1.165, 1.54) is 30.4 Å². The molecule has 188 valence electrons. The number of hydrogen-bond acceptors (Lipinski definition) is 3.